The maximum Gasteiger partial charge on any atom is 0.160 e. The van der Waals surface area contributed by atoms with Gasteiger partial charge in [-0.05, 0) is 66.4 Å². The van der Waals surface area contributed by atoms with Crippen LogP contribution in [-0.4, -0.2) is 16.2 Å². The van der Waals surface area contributed by atoms with Gasteiger partial charge in [-0.25, -0.2) is 9.98 Å². The van der Waals surface area contributed by atoms with E-state index < -0.39 is 0 Å². The Morgan fingerprint density at radius 2 is 1.36 bits per heavy atom. The minimum atomic E-state index is -0.290. The van der Waals surface area contributed by atoms with Crippen LogP contribution in [0.25, 0.3) is 61.8 Å². The van der Waals surface area contributed by atoms with Crippen LogP contribution >= 0.6 is 0 Å². The molecule has 238 valence electrons. The minimum absolute atomic E-state index is 0.290. The standard InChI is InChI=1S/C45H32N4O/c1-4-14-29(15-5-1)43-46-44(30-16-6-2-7-17-30)48-45(47-43)36-26-25-33(42-41(36)35-21-11-13-23-40(35)50-42)31-24-27-39-37(28-31)34-20-10-12-22-38(34)49(39)32-18-8-3-9-19-32/h1-9,11,13-28,43H,10,12H2,(H,46,47,48). The van der Waals surface area contributed by atoms with Crippen molar-refractivity contribution in [2.75, 3.05) is 0 Å². The van der Waals surface area contributed by atoms with Crippen LogP contribution in [0, 0.1) is 0 Å². The molecular weight excluding hydrogens is 613 g/mol. The maximum atomic E-state index is 6.75. The average molecular weight is 645 g/mol. The van der Waals surface area contributed by atoms with E-state index >= 15 is 0 Å². The van der Waals surface area contributed by atoms with Crippen molar-refractivity contribution in [2.24, 2.45) is 9.98 Å². The van der Waals surface area contributed by atoms with Gasteiger partial charge >= 0.3 is 0 Å². The maximum absolute atomic E-state index is 6.75. The monoisotopic (exact) mass is 644 g/mol. The van der Waals surface area contributed by atoms with Gasteiger partial charge in [0, 0.05) is 49.1 Å². The Bertz CT molecular complexity index is 2770. The van der Waals surface area contributed by atoms with Crippen molar-refractivity contribution < 1.29 is 4.42 Å². The zero-order valence-corrected chi connectivity index (χ0v) is 27.3. The number of nitrogens with one attached hydrogen (secondary N) is 1. The molecule has 5 heteroatoms. The summed E-state index contributed by atoms with van der Waals surface area (Å²) in [5.41, 5.74) is 9.25. The van der Waals surface area contributed by atoms with Crippen LogP contribution in [0.4, 0.5) is 0 Å². The molecule has 0 radical (unpaired) electrons. The van der Waals surface area contributed by atoms with Gasteiger partial charge in [-0.1, -0.05) is 115 Å². The van der Waals surface area contributed by atoms with Crippen molar-refractivity contribution >= 4 is 56.7 Å². The molecule has 8 aromatic rings. The number of amidine groups is 2. The van der Waals surface area contributed by atoms with E-state index in [4.69, 9.17) is 14.4 Å². The second kappa shape index (κ2) is 11.6. The van der Waals surface area contributed by atoms with E-state index in [0.29, 0.717) is 5.84 Å². The second-order valence-electron chi connectivity index (χ2n) is 12.9. The van der Waals surface area contributed by atoms with Gasteiger partial charge in [0.05, 0.1) is 5.52 Å². The lowest BCUT2D eigenvalue weighted by molar-refractivity contribution is 0.669. The number of hydrogen-bond donors (Lipinski definition) is 1. The van der Waals surface area contributed by atoms with E-state index in [0.717, 1.165) is 68.4 Å². The number of para-hydroxylation sites is 2. The Morgan fingerprint density at radius 3 is 2.20 bits per heavy atom. The summed E-state index contributed by atoms with van der Waals surface area (Å²) in [6, 6.07) is 50.7. The first-order valence-corrected chi connectivity index (χ1v) is 17.2. The molecule has 0 spiro atoms. The molecule has 1 atom stereocenters. The molecule has 0 saturated carbocycles. The molecule has 0 saturated heterocycles. The summed E-state index contributed by atoms with van der Waals surface area (Å²) in [4.78, 5) is 10.4. The highest BCUT2D eigenvalue weighted by atomic mass is 16.3. The van der Waals surface area contributed by atoms with E-state index in [1.165, 1.54) is 27.2 Å². The Balaban J connectivity index is 1.19. The van der Waals surface area contributed by atoms with E-state index in [9.17, 15) is 0 Å². The SMILES string of the molecule is C1=c2c(n(-c3ccccc3)c3ccc(-c4ccc(C5=NC(c6ccccc6)NC(c6ccccc6)=N5)c5c4oc4ccccc45)cc23)=CCC1. The van der Waals surface area contributed by atoms with Gasteiger partial charge in [0.1, 0.15) is 23.2 Å². The molecule has 6 aromatic carbocycles. The molecule has 0 bridgehead atoms. The number of furan rings is 1. The summed E-state index contributed by atoms with van der Waals surface area (Å²) in [6.45, 7) is 0. The topological polar surface area (TPSA) is 54.8 Å². The van der Waals surface area contributed by atoms with Crippen molar-refractivity contribution in [3.8, 4) is 16.8 Å². The molecule has 1 N–H and O–H groups in total. The lowest BCUT2D eigenvalue weighted by Gasteiger charge is -2.24. The van der Waals surface area contributed by atoms with Crippen molar-refractivity contribution in [1.29, 1.82) is 0 Å². The molecular formula is C45H32N4O. The molecule has 5 nitrogen and oxygen atoms in total. The van der Waals surface area contributed by atoms with Crippen LogP contribution in [0.1, 0.15) is 35.7 Å². The summed E-state index contributed by atoms with van der Waals surface area (Å²) in [7, 11) is 0. The molecule has 3 heterocycles. The molecule has 0 amide bonds. The summed E-state index contributed by atoms with van der Waals surface area (Å²) in [5, 5.41) is 9.47. The fourth-order valence-corrected chi connectivity index (χ4v) is 7.58. The van der Waals surface area contributed by atoms with Crippen LogP contribution in [-0.2, 0) is 0 Å². The van der Waals surface area contributed by atoms with E-state index in [1.54, 1.807) is 0 Å². The van der Waals surface area contributed by atoms with Gasteiger partial charge < -0.3 is 14.3 Å². The smallest absolute Gasteiger partial charge is 0.160 e. The predicted octanol–water partition coefficient (Wildman–Crippen LogP) is 9.05. The predicted molar refractivity (Wildman–Crippen MR) is 205 cm³/mol. The van der Waals surface area contributed by atoms with Crippen LogP contribution in [0.2, 0.25) is 0 Å². The molecule has 1 aliphatic carbocycles. The third-order valence-corrected chi connectivity index (χ3v) is 9.89. The Hall–Kier alpha value is -6.46. The van der Waals surface area contributed by atoms with Gasteiger partial charge in [-0.2, -0.15) is 0 Å². The number of aliphatic imine (C=N–C) groups is 2. The fourth-order valence-electron chi connectivity index (χ4n) is 7.58. The minimum Gasteiger partial charge on any atom is -0.455 e. The van der Waals surface area contributed by atoms with Crippen molar-refractivity contribution in [1.82, 2.24) is 9.88 Å². The number of nitrogens with zero attached hydrogens (tertiary/aromatic N) is 3. The van der Waals surface area contributed by atoms with Crippen molar-refractivity contribution in [2.45, 2.75) is 19.0 Å². The van der Waals surface area contributed by atoms with Gasteiger partial charge in [-0.3, -0.25) is 0 Å². The fraction of sp³-hybridized carbons (Fsp3) is 0.0667. The van der Waals surface area contributed by atoms with Crippen LogP contribution < -0.4 is 15.9 Å². The lowest BCUT2D eigenvalue weighted by Crippen LogP contribution is -2.33. The lowest BCUT2D eigenvalue weighted by atomic mass is 9.96. The zero-order valence-electron chi connectivity index (χ0n) is 27.3. The first-order chi connectivity index (χ1) is 24.8. The third kappa shape index (κ3) is 4.62. The first kappa shape index (κ1) is 28.5. The van der Waals surface area contributed by atoms with Crippen LogP contribution in [0.15, 0.2) is 160 Å². The van der Waals surface area contributed by atoms with Crippen molar-refractivity contribution in [3.05, 3.63) is 173 Å². The molecule has 2 aromatic heterocycles. The summed E-state index contributed by atoms with van der Waals surface area (Å²) >= 11 is 0. The highest BCUT2D eigenvalue weighted by Gasteiger charge is 2.25. The molecule has 2 aliphatic rings. The Labute approximate surface area is 288 Å². The number of rotatable bonds is 5. The van der Waals surface area contributed by atoms with Gasteiger partial charge in [0.2, 0.25) is 0 Å². The summed E-state index contributed by atoms with van der Waals surface area (Å²) in [5.74, 6) is 1.47. The number of aromatic nitrogens is 1. The molecule has 50 heavy (non-hydrogen) atoms. The van der Waals surface area contributed by atoms with Crippen molar-refractivity contribution in [3.63, 3.8) is 0 Å². The molecule has 1 aliphatic heterocycles. The van der Waals surface area contributed by atoms with Gasteiger partial charge in [0.15, 0.2) is 5.84 Å². The average Bonchev–Trinajstić information content (AvgIpc) is 3.75. The largest absolute Gasteiger partial charge is 0.455 e. The number of benzene rings is 6. The Morgan fingerprint density at radius 1 is 0.640 bits per heavy atom. The summed E-state index contributed by atoms with van der Waals surface area (Å²) in [6.07, 6.45) is 6.56. The summed E-state index contributed by atoms with van der Waals surface area (Å²) < 4.78 is 9.15. The highest BCUT2D eigenvalue weighted by molar-refractivity contribution is 6.23. The van der Waals surface area contributed by atoms with Crippen LogP contribution in [0.5, 0.6) is 0 Å². The van der Waals surface area contributed by atoms with E-state index in [1.807, 2.05) is 36.4 Å². The quantitative estimate of drug-likeness (QED) is 0.203. The highest BCUT2D eigenvalue weighted by Crippen LogP contribution is 2.39. The zero-order chi connectivity index (χ0) is 33.0. The first-order valence-electron chi connectivity index (χ1n) is 17.2. The number of hydrogen-bond acceptors (Lipinski definition) is 4. The van der Waals surface area contributed by atoms with Crippen LogP contribution in [0.3, 0.4) is 0 Å². The number of fused-ring (bicyclic) bond motifs is 6. The normalized spacial score (nSPS) is 15.6. The van der Waals surface area contributed by atoms with E-state index in [2.05, 4.69) is 131 Å². The Kier molecular flexibility index (Phi) is 6.62. The molecule has 0 fully saturated rings. The van der Waals surface area contributed by atoms with E-state index in [-0.39, 0.29) is 6.17 Å². The van der Waals surface area contributed by atoms with Gasteiger partial charge in [0.25, 0.3) is 0 Å². The second-order valence-corrected chi connectivity index (χ2v) is 12.9. The third-order valence-electron chi connectivity index (χ3n) is 9.89. The molecule has 1 unspecified atom stereocenters. The molecule has 10 rings (SSSR count). The van der Waals surface area contributed by atoms with Gasteiger partial charge in [-0.15, -0.1) is 0 Å².